The van der Waals surface area contributed by atoms with E-state index in [1.165, 1.54) is 44.9 Å². The monoisotopic (exact) mass is 403 g/mol. The molecule has 0 saturated heterocycles. The van der Waals surface area contributed by atoms with Gasteiger partial charge in [0.05, 0.1) is 6.61 Å². The minimum atomic E-state index is -0.760. The van der Waals surface area contributed by atoms with E-state index in [0.717, 1.165) is 43.5 Å². The van der Waals surface area contributed by atoms with Crippen molar-refractivity contribution < 1.29 is 9.53 Å². The second kappa shape index (κ2) is 9.13. The van der Waals surface area contributed by atoms with Crippen molar-refractivity contribution in [2.45, 2.75) is 95.2 Å². The molecule has 0 spiro atoms. The highest BCUT2D eigenvalue weighted by Crippen LogP contribution is 2.37. The lowest BCUT2D eigenvalue weighted by Gasteiger charge is -2.36. The maximum atomic E-state index is 13.2. The summed E-state index contributed by atoms with van der Waals surface area (Å²) in [7, 11) is 2.23. The zero-order valence-electron chi connectivity index (χ0n) is 18.2. The summed E-state index contributed by atoms with van der Waals surface area (Å²) in [5.41, 5.74) is -0.760. The summed E-state index contributed by atoms with van der Waals surface area (Å²) >= 11 is 0. The van der Waals surface area contributed by atoms with Crippen LogP contribution >= 0.6 is 0 Å². The third-order valence-electron chi connectivity index (χ3n) is 7.24. The molecule has 1 atom stereocenters. The number of amides is 1. The smallest absolute Gasteiger partial charge is 0.248 e. The van der Waals surface area contributed by atoms with Crippen molar-refractivity contribution in [3.63, 3.8) is 0 Å². The second-order valence-electron chi connectivity index (χ2n) is 9.44. The van der Waals surface area contributed by atoms with Gasteiger partial charge in [-0.2, -0.15) is 0 Å². The molecule has 2 aliphatic carbocycles. The summed E-state index contributed by atoms with van der Waals surface area (Å²) in [6.07, 6.45) is 12.5. The number of hydrogen-bond acceptors (Lipinski definition) is 5. The van der Waals surface area contributed by atoms with E-state index in [2.05, 4.69) is 32.0 Å². The van der Waals surface area contributed by atoms with Crippen molar-refractivity contribution >= 4 is 5.91 Å². The zero-order valence-corrected chi connectivity index (χ0v) is 18.2. The third kappa shape index (κ3) is 4.36. The summed E-state index contributed by atoms with van der Waals surface area (Å²) < 4.78 is 7.83. The second-order valence-corrected chi connectivity index (χ2v) is 9.44. The van der Waals surface area contributed by atoms with Crippen molar-refractivity contribution in [3.05, 3.63) is 11.6 Å². The Labute approximate surface area is 174 Å². The van der Waals surface area contributed by atoms with Crippen LogP contribution in [0.15, 0.2) is 0 Å². The minimum absolute atomic E-state index is 0.0258. The SMILES string of the molecule is CN(CCCNC(=O)C1(C)COCc2nnc(C3CCCC3)n21)C1CCCCC1. The molecular weight excluding hydrogens is 366 g/mol. The van der Waals surface area contributed by atoms with Gasteiger partial charge in [-0.1, -0.05) is 32.1 Å². The largest absolute Gasteiger partial charge is 0.370 e. The molecule has 29 heavy (non-hydrogen) atoms. The van der Waals surface area contributed by atoms with E-state index >= 15 is 0 Å². The van der Waals surface area contributed by atoms with Crippen LogP contribution in [0.5, 0.6) is 0 Å². The molecular formula is C22H37N5O2. The van der Waals surface area contributed by atoms with Gasteiger partial charge in [0.1, 0.15) is 18.0 Å². The van der Waals surface area contributed by atoms with Crippen LogP contribution < -0.4 is 5.32 Å². The number of nitrogens with zero attached hydrogens (tertiary/aromatic N) is 4. The van der Waals surface area contributed by atoms with Gasteiger partial charge in [-0.05, 0) is 52.6 Å². The predicted octanol–water partition coefficient (Wildman–Crippen LogP) is 2.95. The van der Waals surface area contributed by atoms with Gasteiger partial charge >= 0.3 is 0 Å². The highest BCUT2D eigenvalue weighted by Gasteiger charge is 2.43. The van der Waals surface area contributed by atoms with Gasteiger partial charge in [0.15, 0.2) is 5.82 Å². The van der Waals surface area contributed by atoms with Crippen LogP contribution in [0, 0.1) is 0 Å². The Morgan fingerprint density at radius 3 is 2.66 bits per heavy atom. The number of nitrogens with one attached hydrogen (secondary N) is 1. The lowest BCUT2D eigenvalue weighted by Crippen LogP contribution is -2.53. The maximum Gasteiger partial charge on any atom is 0.248 e. The molecule has 1 aliphatic heterocycles. The molecule has 0 radical (unpaired) electrons. The normalized spacial score (nSPS) is 26.0. The maximum absolute atomic E-state index is 13.2. The van der Waals surface area contributed by atoms with E-state index in [4.69, 9.17) is 4.74 Å². The summed E-state index contributed by atoms with van der Waals surface area (Å²) in [6, 6.07) is 0.720. The Morgan fingerprint density at radius 1 is 1.17 bits per heavy atom. The average Bonchev–Trinajstić information content (AvgIpc) is 3.42. The van der Waals surface area contributed by atoms with Gasteiger partial charge in [-0.3, -0.25) is 9.36 Å². The molecule has 1 unspecified atom stereocenters. The third-order valence-corrected chi connectivity index (χ3v) is 7.24. The predicted molar refractivity (Wildman–Crippen MR) is 112 cm³/mol. The van der Waals surface area contributed by atoms with Crippen LogP contribution in [0.3, 0.4) is 0 Å². The minimum Gasteiger partial charge on any atom is -0.370 e. The number of rotatable bonds is 7. The Balaban J connectivity index is 1.35. The number of carbonyl (C=O) groups excluding carboxylic acids is 1. The molecule has 4 rings (SSSR count). The fourth-order valence-electron chi connectivity index (χ4n) is 5.41. The molecule has 7 nitrogen and oxygen atoms in total. The zero-order chi connectivity index (χ0) is 20.3. The van der Waals surface area contributed by atoms with E-state index in [-0.39, 0.29) is 5.91 Å². The van der Waals surface area contributed by atoms with Crippen molar-refractivity contribution in [1.29, 1.82) is 0 Å². The van der Waals surface area contributed by atoms with Gasteiger partial charge in [0, 0.05) is 18.5 Å². The van der Waals surface area contributed by atoms with E-state index in [0.29, 0.717) is 25.7 Å². The average molecular weight is 404 g/mol. The van der Waals surface area contributed by atoms with Crippen molar-refractivity contribution in [1.82, 2.24) is 25.0 Å². The molecule has 3 aliphatic rings. The molecule has 0 bridgehead atoms. The summed E-state index contributed by atoms with van der Waals surface area (Å²) in [5, 5.41) is 12.0. The molecule has 1 amide bonds. The first kappa shape index (κ1) is 20.8. The van der Waals surface area contributed by atoms with Crippen LogP contribution in [-0.4, -0.2) is 58.4 Å². The summed E-state index contributed by atoms with van der Waals surface area (Å²) in [5.74, 6) is 2.21. The number of aromatic nitrogens is 3. The first-order valence-electron chi connectivity index (χ1n) is 11.6. The summed E-state index contributed by atoms with van der Waals surface area (Å²) in [4.78, 5) is 15.7. The number of carbonyl (C=O) groups is 1. The van der Waals surface area contributed by atoms with Crippen molar-refractivity contribution in [3.8, 4) is 0 Å². The fourth-order valence-corrected chi connectivity index (χ4v) is 5.41. The topological polar surface area (TPSA) is 72.3 Å². The Bertz CT molecular complexity index is 693. The van der Waals surface area contributed by atoms with Crippen LogP contribution in [0.1, 0.15) is 88.7 Å². The van der Waals surface area contributed by atoms with Gasteiger partial charge in [0.25, 0.3) is 0 Å². The van der Waals surface area contributed by atoms with Crippen molar-refractivity contribution in [2.24, 2.45) is 0 Å². The highest BCUT2D eigenvalue weighted by atomic mass is 16.5. The number of ether oxygens (including phenoxy) is 1. The van der Waals surface area contributed by atoms with E-state index in [1.807, 2.05) is 6.92 Å². The Morgan fingerprint density at radius 2 is 1.90 bits per heavy atom. The number of fused-ring (bicyclic) bond motifs is 1. The van der Waals surface area contributed by atoms with Crippen LogP contribution in [0.2, 0.25) is 0 Å². The molecule has 0 aromatic carbocycles. The molecule has 1 N–H and O–H groups in total. The van der Waals surface area contributed by atoms with Crippen molar-refractivity contribution in [2.75, 3.05) is 26.7 Å². The molecule has 2 heterocycles. The highest BCUT2D eigenvalue weighted by molar-refractivity contribution is 5.84. The molecule has 7 heteroatoms. The fraction of sp³-hybridized carbons (Fsp3) is 0.864. The van der Waals surface area contributed by atoms with E-state index in [1.54, 1.807) is 0 Å². The molecule has 2 fully saturated rings. The van der Waals surface area contributed by atoms with Gasteiger partial charge in [-0.15, -0.1) is 10.2 Å². The first-order valence-corrected chi connectivity index (χ1v) is 11.6. The lowest BCUT2D eigenvalue weighted by molar-refractivity contribution is -0.135. The molecule has 162 valence electrons. The van der Waals surface area contributed by atoms with E-state index in [9.17, 15) is 4.79 Å². The summed E-state index contributed by atoms with van der Waals surface area (Å²) in [6.45, 7) is 4.52. The number of hydrogen-bond donors (Lipinski definition) is 1. The molecule has 1 aromatic heterocycles. The van der Waals surface area contributed by atoms with E-state index < -0.39 is 5.54 Å². The van der Waals surface area contributed by atoms with Crippen LogP contribution in [-0.2, 0) is 21.7 Å². The lowest BCUT2D eigenvalue weighted by atomic mass is 9.94. The Kier molecular flexibility index (Phi) is 6.54. The molecule has 2 saturated carbocycles. The molecule has 1 aromatic rings. The van der Waals surface area contributed by atoms with Gasteiger partial charge in [0.2, 0.25) is 5.91 Å². The van der Waals surface area contributed by atoms with Crippen LogP contribution in [0.25, 0.3) is 0 Å². The Hall–Kier alpha value is -1.47. The standard InChI is InChI=1S/C22H37N5O2/c1-22(21(28)23-13-8-14-26(2)18-11-4-3-5-12-18)16-29-15-19-24-25-20(27(19)22)17-9-6-7-10-17/h17-18H,3-16H2,1-2H3,(H,23,28). The first-order chi connectivity index (χ1) is 14.1. The quantitative estimate of drug-likeness (QED) is 0.709. The van der Waals surface area contributed by atoms with Gasteiger partial charge < -0.3 is 15.0 Å². The van der Waals surface area contributed by atoms with Crippen LogP contribution in [0.4, 0.5) is 0 Å². The van der Waals surface area contributed by atoms with Gasteiger partial charge in [-0.25, -0.2) is 0 Å².